The average molecular weight is 305 g/mol. The Balaban J connectivity index is 2.00. The molecule has 2 N–H and O–H groups in total. The van der Waals surface area contributed by atoms with E-state index in [9.17, 15) is 10.1 Å². The standard InChI is InChI=1S/C14H19N5O3/c20-10-4-2-1-3-7-15-13-6-5-12(11-14(13)19(21)22)18-9-8-16-17-18/h5-6,8-9,11,15,20H,1-4,7,10H2. The second-order valence-corrected chi connectivity index (χ2v) is 4.87. The number of anilines is 1. The Morgan fingerprint density at radius 2 is 2.09 bits per heavy atom. The fourth-order valence-electron chi connectivity index (χ4n) is 2.12. The third-order valence-electron chi connectivity index (χ3n) is 3.27. The monoisotopic (exact) mass is 305 g/mol. The van der Waals surface area contributed by atoms with Crippen molar-refractivity contribution < 1.29 is 10.0 Å². The van der Waals surface area contributed by atoms with Gasteiger partial charge in [0.2, 0.25) is 0 Å². The highest BCUT2D eigenvalue weighted by Crippen LogP contribution is 2.27. The van der Waals surface area contributed by atoms with Crippen LogP contribution in [0, 0.1) is 10.1 Å². The van der Waals surface area contributed by atoms with E-state index in [4.69, 9.17) is 5.11 Å². The molecule has 0 atom stereocenters. The first-order chi connectivity index (χ1) is 10.7. The SMILES string of the molecule is O=[N+]([O-])c1cc(-n2ccnn2)ccc1NCCCCCCO. The predicted octanol–water partition coefficient (Wildman–Crippen LogP) is 2.14. The maximum absolute atomic E-state index is 11.2. The number of unbranched alkanes of at least 4 members (excludes halogenated alkanes) is 3. The van der Waals surface area contributed by atoms with Crippen LogP contribution in [0.5, 0.6) is 0 Å². The van der Waals surface area contributed by atoms with Gasteiger partial charge >= 0.3 is 0 Å². The molecule has 0 bridgehead atoms. The van der Waals surface area contributed by atoms with Gasteiger partial charge in [0.25, 0.3) is 5.69 Å². The molecule has 0 spiro atoms. The van der Waals surface area contributed by atoms with E-state index in [1.807, 2.05) is 0 Å². The van der Waals surface area contributed by atoms with Crippen LogP contribution in [0.25, 0.3) is 5.69 Å². The van der Waals surface area contributed by atoms with E-state index in [1.165, 1.54) is 16.9 Å². The maximum atomic E-state index is 11.2. The molecular formula is C14H19N5O3. The molecule has 0 unspecified atom stereocenters. The summed E-state index contributed by atoms with van der Waals surface area (Å²) in [6, 6.07) is 4.92. The molecule has 2 aromatic rings. The Morgan fingerprint density at radius 1 is 1.27 bits per heavy atom. The van der Waals surface area contributed by atoms with Gasteiger partial charge < -0.3 is 10.4 Å². The number of hydrogen-bond donors (Lipinski definition) is 2. The second kappa shape index (κ2) is 8.08. The van der Waals surface area contributed by atoms with Crippen LogP contribution < -0.4 is 5.32 Å². The van der Waals surface area contributed by atoms with Gasteiger partial charge in [-0.2, -0.15) is 0 Å². The van der Waals surface area contributed by atoms with Gasteiger partial charge in [0.05, 0.1) is 23.0 Å². The summed E-state index contributed by atoms with van der Waals surface area (Å²) >= 11 is 0. The summed E-state index contributed by atoms with van der Waals surface area (Å²) in [7, 11) is 0. The van der Waals surface area contributed by atoms with E-state index in [1.54, 1.807) is 18.3 Å². The van der Waals surface area contributed by atoms with Crippen LogP contribution in [0.15, 0.2) is 30.6 Å². The molecule has 8 nitrogen and oxygen atoms in total. The number of nitrogens with one attached hydrogen (secondary N) is 1. The van der Waals surface area contributed by atoms with Crippen molar-refractivity contribution in [2.24, 2.45) is 0 Å². The number of nitro groups is 1. The summed E-state index contributed by atoms with van der Waals surface area (Å²) < 4.78 is 1.48. The first-order valence-corrected chi connectivity index (χ1v) is 7.22. The van der Waals surface area contributed by atoms with Crippen LogP contribution in [-0.2, 0) is 0 Å². The van der Waals surface area contributed by atoms with Crippen LogP contribution in [0.4, 0.5) is 11.4 Å². The maximum Gasteiger partial charge on any atom is 0.294 e. The molecule has 0 aliphatic carbocycles. The number of benzene rings is 1. The van der Waals surface area contributed by atoms with Gasteiger partial charge in [-0.15, -0.1) is 5.10 Å². The van der Waals surface area contributed by atoms with Crippen molar-refractivity contribution in [1.82, 2.24) is 15.0 Å². The lowest BCUT2D eigenvalue weighted by atomic mass is 10.2. The van der Waals surface area contributed by atoms with E-state index in [-0.39, 0.29) is 12.3 Å². The highest BCUT2D eigenvalue weighted by molar-refractivity contribution is 5.65. The van der Waals surface area contributed by atoms with Crippen molar-refractivity contribution in [3.8, 4) is 5.69 Å². The molecule has 118 valence electrons. The van der Waals surface area contributed by atoms with E-state index in [0.717, 1.165) is 25.7 Å². The van der Waals surface area contributed by atoms with E-state index in [0.29, 0.717) is 17.9 Å². The number of rotatable bonds is 9. The number of nitrogens with zero attached hydrogens (tertiary/aromatic N) is 4. The zero-order chi connectivity index (χ0) is 15.8. The molecule has 0 aliphatic rings. The van der Waals surface area contributed by atoms with Gasteiger partial charge in [-0.05, 0) is 25.0 Å². The Hall–Kier alpha value is -2.48. The van der Waals surface area contributed by atoms with Gasteiger partial charge in [0.1, 0.15) is 5.69 Å². The Bertz CT molecular complexity index is 601. The molecule has 1 heterocycles. The minimum absolute atomic E-state index is 0.0170. The van der Waals surface area contributed by atoms with E-state index in [2.05, 4.69) is 15.6 Å². The topological polar surface area (TPSA) is 106 Å². The summed E-state index contributed by atoms with van der Waals surface area (Å²) in [6.45, 7) is 0.873. The molecule has 2 rings (SSSR count). The largest absolute Gasteiger partial charge is 0.396 e. The molecule has 8 heteroatoms. The fourth-order valence-corrected chi connectivity index (χ4v) is 2.12. The van der Waals surface area contributed by atoms with Crippen molar-refractivity contribution in [2.75, 3.05) is 18.5 Å². The first-order valence-electron chi connectivity index (χ1n) is 7.22. The van der Waals surface area contributed by atoms with Crippen molar-refractivity contribution >= 4 is 11.4 Å². The molecule has 1 aromatic heterocycles. The molecule has 1 aromatic carbocycles. The summed E-state index contributed by atoms with van der Waals surface area (Å²) in [6.07, 6.45) is 6.80. The Labute approximate surface area is 127 Å². The smallest absolute Gasteiger partial charge is 0.294 e. The summed E-state index contributed by atoms with van der Waals surface area (Å²) in [5.74, 6) is 0. The van der Waals surface area contributed by atoms with Crippen LogP contribution in [0.3, 0.4) is 0 Å². The van der Waals surface area contributed by atoms with Crippen LogP contribution in [0.2, 0.25) is 0 Å². The number of aliphatic hydroxyl groups is 1. The highest BCUT2D eigenvalue weighted by atomic mass is 16.6. The molecule has 22 heavy (non-hydrogen) atoms. The normalized spacial score (nSPS) is 10.6. The van der Waals surface area contributed by atoms with Crippen molar-refractivity contribution in [2.45, 2.75) is 25.7 Å². The third-order valence-corrected chi connectivity index (χ3v) is 3.27. The Morgan fingerprint density at radius 3 is 2.77 bits per heavy atom. The molecular weight excluding hydrogens is 286 g/mol. The Kier molecular flexibility index (Phi) is 5.84. The molecule has 0 saturated carbocycles. The van der Waals surface area contributed by atoms with Crippen molar-refractivity contribution in [3.63, 3.8) is 0 Å². The number of nitro benzene ring substituents is 1. The fraction of sp³-hybridized carbons (Fsp3) is 0.429. The van der Waals surface area contributed by atoms with Gasteiger partial charge in [0, 0.05) is 19.2 Å². The number of aromatic nitrogens is 3. The van der Waals surface area contributed by atoms with Gasteiger partial charge in [-0.25, -0.2) is 4.68 Å². The summed E-state index contributed by atoms with van der Waals surface area (Å²) in [5, 5.41) is 30.5. The quantitative estimate of drug-likeness (QED) is 0.417. The lowest BCUT2D eigenvalue weighted by molar-refractivity contribution is -0.383. The van der Waals surface area contributed by atoms with E-state index >= 15 is 0 Å². The number of aliphatic hydroxyl groups excluding tert-OH is 1. The number of hydrogen-bond acceptors (Lipinski definition) is 6. The summed E-state index contributed by atoms with van der Waals surface area (Å²) in [5.41, 5.74) is 1.11. The zero-order valence-electron chi connectivity index (χ0n) is 12.2. The first kappa shape index (κ1) is 15.9. The summed E-state index contributed by atoms with van der Waals surface area (Å²) in [4.78, 5) is 10.8. The zero-order valence-corrected chi connectivity index (χ0v) is 12.2. The van der Waals surface area contributed by atoms with Crippen LogP contribution >= 0.6 is 0 Å². The molecule has 0 saturated heterocycles. The van der Waals surface area contributed by atoms with Crippen LogP contribution in [-0.4, -0.2) is 38.2 Å². The lowest BCUT2D eigenvalue weighted by Crippen LogP contribution is -2.05. The molecule has 0 amide bonds. The molecule has 0 aliphatic heterocycles. The molecule has 0 fully saturated rings. The van der Waals surface area contributed by atoms with Gasteiger partial charge in [0.15, 0.2) is 0 Å². The second-order valence-electron chi connectivity index (χ2n) is 4.87. The van der Waals surface area contributed by atoms with Crippen LogP contribution in [0.1, 0.15) is 25.7 Å². The van der Waals surface area contributed by atoms with E-state index < -0.39 is 4.92 Å². The minimum Gasteiger partial charge on any atom is -0.396 e. The highest BCUT2D eigenvalue weighted by Gasteiger charge is 2.15. The average Bonchev–Trinajstić information content (AvgIpc) is 3.05. The van der Waals surface area contributed by atoms with Gasteiger partial charge in [-0.1, -0.05) is 18.1 Å². The molecule has 0 radical (unpaired) electrons. The predicted molar refractivity (Wildman–Crippen MR) is 82.1 cm³/mol. The minimum atomic E-state index is -0.408. The lowest BCUT2D eigenvalue weighted by Gasteiger charge is -2.08. The van der Waals surface area contributed by atoms with Crippen molar-refractivity contribution in [3.05, 3.63) is 40.7 Å². The van der Waals surface area contributed by atoms with Gasteiger partial charge in [-0.3, -0.25) is 10.1 Å². The van der Waals surface area contributed by atoms with Crippen molar-refractivity contribution in [1.29, 1.82) is 0 Å². The third kappa shape index (κ3) is 4.26.